The zero-order chi connectivity index (χ0) is 17.5. The summed E-state index contributed by atoms with van der Waals surface area (Å²) in [5.41, 5.74) is 1.78. The van der Waals surface area contributed by atoms with E-state index in [1.54, 1.807) is 6.92 Å². The van der Waals surface area contributed by atoms with Crippen LogP contribution >= 0.6 is 0 Å². The SMILES string of the molecule is CC(OCc1ccccc1)C(=O)Nc1cccc(OC2CCCC2)c1. The Labute approximate surface area is 149 Å². The largest absolute Gasteiger partial charge is 0.490 e. The molecule has 0 spiro atoms. The Hall–Kier alpha value is -2.33. The first-order chi connectivity index (χ1) is 12.2. The second-order valence-electron chi connectivity index (χ2n) is 6.48. The Balaban J connectivity index is 1.51. The lowest BCUT2D eigenvalue weighted by molar-refractivity contribution is -0.127. The molecule has 1 N–H and O–H groups in total. The summed E-state index contributed by atoms with van der Waals surface area (Å²) in [6.07, 6.45) is 4.47. The number of benzene rings is 2. The van der Waals surface area contributed by atoms with Crippen LogP contribution in [-0.2, 0) is 16.1 Å². The van der Waals surface area contributed by atoms with Gasteiger partial charge in [-0.3, -0.25) is 4.79 Å². The Morgan fingerprint density at radius 2 is 1.88 bits per heavy atom. The predicted molar refractivity (Wildman–Crippen MR) is 98.6 cm³/mol. The number of amides is 1. The van der Waals surface area contributed by atoms with Crippen LogP contribution in [0.1, 0.15) is 38.2 Å². The molecule has 3 rings (SSSR count). The van der Waals surface area contributed by atoms with Gasteiger partial charge in [0.2, 0.25) is 0 Å². The lowest BCUT2D eigenvalue weighted by Gasteiger charge is -2.16. The van der Waals surface area contributed by atoms with Gasteiger partial charge in [0.1, 0.15) is 11.9 Å². The van der Waals surface area contributed by atoms with Gasteiger partial charge in [0.15, 0.2) is 0 Å². The molecule has 25 heavy (non-hydrogen) atoms. The molecule has 1 aliphatic rings. The van der Waals surface area contributed by atoms with Gasteiger partial charge in [0, 0.05) is 11.8 Å². The molecule has 0 bridgehead atoms. The van der Waals surface area contributed by atoms with Crippen molar-refractivity contribution in [2.24, 2.45) is 0 Å². The predicted octanol–water partition coefficient (Wildman–Crippen LogP) is 4.55. The molecular weight excluding hydrogens is 314 g/mol. The van der Waals surface area contributed by atoms with E-state index in [0.717, 1.165) is 29.8 Å². The molecule has 4 heteroatoms. The molecule has 0 radical (unpaired) electrons. The summed E-state index contributed by atoms with van der Waals surface area (Å²) in [5.74, 6) is 0.650. The minimum absolute atomic E-state index is 0.158. The molecule has 1 saturated carbocycles. The summed E-state index contributed by atoms with van der Waals surface area (Å²) in [4.78, 5) is 12.3. The Bertz CT molecular complexity index is 681. The van der Waals surface area contributed by atoms with Crippen LogP contribution in [0.2, 0.25) is 0 Å². The lowest BCUT2D eigenvalue weighted by atomic mass is 10.2. The molecule has 0 aromatic heterocycles. The highest BCUT2D eigenvalue weighted by molar-refractivity contribution is 5.94. The van der Waals surface area contributed by atoms with Gasteiger partial charge < -0.3 is 14.8 Å². The Kier molecular flexibility index (Phi) is 6.07. The molecule has 2 aromatic rings. The average Bonchev–Trinajstić information content (AvgIpc) is 3.14. The highest BCUT2D eigenvalue weighted by Crippen LogP contribution is 2.25. The average molecular weight is 339 g/mol. The summed E-state index contributed by atoms with van der Waals surface area (Å²) in [5, 5.41) is 2.90. The van der Waals surface area contributed by atoms with Crippen molar-refractivity contribution in [1.29, 1.82) is 0 Å². The summed E-state index contributed by atoms with van der Waals surface area (Å²) in [7, 11) is 0. The first-order valence-electron chi connectivity index (χ1n) is 8.94. The van der Waals surface area contributed by atoms with Gasteiger partial charge in [0.05, 0.1) is 12.7 Å². The number of anilines is 1. The van der Waals surface area contributed by atoms with Crippen LogP contribution in [0.4, 0.5) is 5.69 Å². The third kappa shape index (κ3) is 5.33. The minimum Gasteiger partial charge on any atom is -0.490 e. The molecule has 1 unspecified atom stereocenters. The van der Waals surface area contributed by atoms with Gasteiger partial charge in [-0.25, -0.2) is 0 Å². The quantitative estimate of drug-likeness (QED) is 0.805. The van der Waals surface area contributed by atoms with E-state index in [4.69, 9.17) is 9.47 Å². The second-order valence-corrected chi connectivity index (χ2v) is 6.48. The van der Waals surface area contributed by atoms with Crippen molar-refractivity contribution >= 4 is 11.6 Å². The van der Waals surface area contributed by atoms with Crippen LogP contribution in [0.25, 0.3) is 0 Å². The molecule has 0 aliphatic heterocycles. The van der Waals surface area contributed by atoms with Gasteiger partial charge in [0.25, 0.3) is 5.91 Å². The fourth-order valence-corrected chi connectivity index (χ4v) is 2.96. The lowest BCUT2D eigenvalue weighted by Crippen LogP contribution is -2.27. The van der Waals surface area contributed by atoms with Crippen LogP contribution < -0.4 is 10.1 Å². The monoisotopic (exact) mass is 339 g/mol. The standard InChI is InChI=1S/C21H25NO3/c1-16(24-15-17-8-3-2-4-9-17)21(23)22-18-10-7-13-20(14-18)25-19-11-5-6-12-19/h2-4,7-10,13-14,16,19H,5-6,11-12,15H2,1H3,(H,22,23). The number of ether oxygens (including phenoxy) is 2. The van der Waals surface area contributed by atoms with Crippen molar-refractivity contribution in [3.05, 3.63) is 60.2 Å². The first-order valence-corrected chi connectivity index (χ1v) is 8.94. The van der Waals surface area contributed by atoms with Crippen molar-refractivity contribution in [3.8, 4) is 5.75 Å². The molecular formula is C21H25NO3. The molecule has 132 valence electrons. The Morgan fingerprint density at radius 1 is 1.12 bits per heavy atom. The van der Waals surface area contributed by atoms with Crippen LogP contribution in [0.15, 0.2) is 54.6 Å². The van der Waals surface area contributed by atoms with E-state index in [0.29, 0.717) is 12.7 Å². The topological polar surface area (TPSA) is 47.6 Å². The van der Waals surface area contributed by atoms with Crippen molar-refractivity contribution in [3.63, 3.8) is 0 Å². The summed E-state index contributed by atoms with van der Waals surface area (Å²) in [6, 6.07) is 17.4. The second kappa shape index (κ2) is 8.67. The Morgan fingerprint density at radius 3 is 2.64 bits per heavy atom. The fourth-order valence-electron chi connectivity index (χ4n) is 2.96. The molecule has 1 amide bonds. The third-order valence-corrected chi connectivity index (χ3v) is 4.42. The van der Waals surface area contributed by atoms with Crippen molar-refractivity contribution in [1.82, 2.24) is 0 Å². The van der Waals surface area contributed by atoms with Crippen LogP contribution in [0.5, 0.6) is 5.75 Å². The number of nitrogens with one attached hydrogen (secondary N) is 1. The molecule has 2 aromatic carbocycles. The molecule has 0 saturated heterocycles. The number of hydrogen-bond acceptors (Lipinski definition) is 3. The zero-order valence-corrected chi connectivity index (χ0v) is 14.6. The maximum atomic E-state index is 12.3. The van der Waals surface area contributed by atoms with Gasteiger partial charge in [-0.2, -0.15) is 0 Å². The van der Waals surface area contributed by atoms with Crippen LogP contribution in [0, 0.1) is 0 Å². The molecule has 1 atom stereocenters. The number of rotatable bonds is 7. The zero-order valence-electron chi connectivity index (χ0n) is 14.6. The maximum absolute atomic E-state index is 12.3. The summed E-state index contributed by atoms with van der Waals surface area (Å²) in [6.45, 7) is 2.18. The van der Waals surface area contributed by atoms with E-state index in [1.165, 1.54) is 12.8 Å². The van der Waals surface area contributed by atoms with E-state index < -0.39 is 6.10 Å². The normalized spacial score (nSPS) is 15.7. The minimum atomic E-state index is -0.528. The van der Waals surface area contributed by atoms with Crippen LogP contribution in [0.3, 0.4) is 0 Å². The van der Waals surface area contributed by atoms with Gasteiger partial charge in [-0.15, -0.1) is 0 Å². The maximum Gasteiger partial charge on any atom is 0.253 e. The molecule has 4 nitrogen and oxygen atoms in total. The summed E-state index contributed by atoms with van der Waals surface area (Å²) >= 11 is 0. The van der Waals surface area contributed by atoms with E-state index in [2.05, 4.69) is 5.32 Å². The van der Waals surface area contributed by atoms with Crippen molar-refractivity contribution in [2.75, 3.05) is 5.32 Å². The summed E-state index contributed by atoms with van der Waals surface area (Å²) < 4.78 is 11.6. The number of hydrogen-bond donors (Lipinski definition) is 1. The number of carbonyl (C=O) groups is 1. The van der Waals surface area contributed by atoms with E-state index in [9.17, 15) is 4.79 Å². The molecule has 0 heterocycles. The van der Waals surface area contributed by atoms with Crippen LogP contribution in [-0.4, -0.2) is 18.1 Å². The molecule has 1 aliphatic carbocycles. The fraction of sp³-hybridized carbons (Fsp3) is 0.381. The van der Waals surface area contributed by atoms with Gasteiger partial charge in [-0.05, 0) is 50.3 Å². The third-order valence-electron chi connectivity index (χ3n) is 4.42. The number of carbonyl (C=O) groups excluding carboxylic acids is 1. The van der Waals surface area contributed by atoms with Gasteiger partial charge >= 0.3 is 0 Å². The smallest absolute Gasteiger partial charge is 0.253 e. The van der Waals surface area contributed by atoms with Crippen molar-refractivity contribution < 1.29 is 14.3 Å². The van der Waals surface area contributed by atoms with E-state index >= 15 is 0 Å². The highest BCUT2D eigenvalue weighted by Gasteiger charge is 2.17. The van der Waals surface area contributed by atoms with Gasteiger partial charge in [-0.1, -0.05) is 36.4 Å². The van der Waals surface area contributed by atoms with E-state index in [1.807, 2.05) is 54.6 Å². The highest BCUT2D eigenvalue weighted by atomic mass is 16.5. The molecule has 1 fully saturated rings. The van der Waals surface area contributed by atoms with Crippen molar-refractivity contribution in [2.45, 2.75) is 51.4 Å². The first kappa shape index (κ1) is 17.5. The van der Waals surface area contributed by atoms with E-state index in [-0.39, 0.29) is 5.91 Å².